The van der Waals surface area contributed by atoms with Gasteiger partial charge in [-0.3, -0.25) is 4.79 Å². The minimum atomic E-state index is -0.144. The van der Waals surface area contributed by atoms with Crippen molar-refractivity contribution in [1.82, 2.24) is 9.97 Å². The summed E-state index contributed by atoms with van der Waals surface area (Å²) < 4.78 is 11.0. The Hall–Kier alpha value is -2.34. The average Bonchev–Trinajstić information content (AvgIpc) is 2.65. The van der Waals surface area contributed by atoms with Crippen molar-refractivity contribution in [3.8, 4) is 11.6 Å². The average molecular weight is 376 g/mol. The van der Waals surface area contributed by atoms with Crippen molar-refractivity contribution < 1.29 is 14.3 Å². The Morgan fingerprint density at radius 3 is 3.00 bits per heavy atom. The van der Waals surface area contributed by atoms with Crippen molar-refractivity contribution in [3.05, 3.63) is 41.2 Å². The molecule has 0 saturated carbocycles. The molecule has 0 aliphatic carbocycles. The predicted octanol–water partition coefficient (Wildman–Crippen LogP) is 4.01. The van der Waals surface area contributed by atoms with Crippen LogP contribution in [0.25, 0.3) is 0 Å². The van der Waals surface area contributed by atoms with E-state index in [1.807, 2.05) is 26.0 Å². The van der Waals surface area contributed by atoms with E-state index in [1.165, 1.54) is 6.33 Å². The smallest absolute Gasteiger partial charge is 0.310 e. The third-order valence-electron chi connectivity index (χ3n) is 4.29. The van der Waals surface area contributed by atoms with Crippen LogP contribution in [0, 0.1) is 12.8 Å². The molecule has 0 N–H and O–H groups in total. The Labute approximate surface area is 158 Å². The molecule has 138 valence electrons. The summed E-state index contributed by atoms with van der Waals surface area (Å²) in [5.74, 6) is 1.43. The molecule has 0 unspecified atom stereocenters. The number of benzene rings is 1. The number of ether oxygens (including phenoxy) is 2. The van der Waals surface area contributed by atoms with Crippen molar-refractivity contribution in [2.24, 2.45) is 5.92 Å². The Morgan fingerprint density at radius 2 is 2.19 bits per heavy atom. The molecule has 7 heteroatoms. The van der Waals surface area contributed by atoms with Crippen LogP contribution >= 0.6 is 11.6 Å². The fraction of sp³-hybridized carbons (Fsp3) is 0.421. The standard InChI is InChI=1S/C19H22ClN3O3/c1-3-25-19(24)14-5-4-8-23(11-14)17-10-18(22-12-21-17)26-16-9-13(2)6-7-15(16)20/h6-7,9-10,12,14H,3-5,8,11H2,1-2H3/t14-/m0/s1. The number of halogens is 1. The quantitative estimate of drug-likeness (QED) is 0.736. The summed E-state index contributed by atoms with van der Waals surface area (Å²) in [5, 5.41) is 0.524. The van der Waals surface area contributed by atoms with Crippen LogP contribution in [0.5, 0.6) is 11.6 Å². The zero-order valence-electron chi connectivity index (χ0n) is 14.9. The van der Waals surface area contributed by atoms with Crippen molar-refractivity contribution in [1.29, 1.82) is 0 Å². The van der Waals surface area contributed by atoms with Gasteiger partial charge in [0.05, 0.1) is 17.5 Å². The highest BCUT2D eigenvalue weighted by molar-refractivity contribution is 6.32. The molecule has 26 heavy (non-hydrogen) atoms. The number of aromatic nitrogens is 2. The SMILES string of the molecule is CCOC(=O)[C@H]1CCCN(c2cc(Oc3cc(C)ccc3Cl)ncn2)C1. The fourth-order valence-electron chi connectivity index (χ4n) is 3.00. The molecular formula is C19H22ClN3O3. The van der Waals surface area contributed by atoms with Crippen LogP contribution in [-0.2, 0) is 9.53 Å². The van der Waals surface area contributed by atoms with Gasteiger partial charge in [0.2, 0.25) is 5.88 Å². The van der Waals surface area contributed by atoms with Crippen LogP contribution in [0.1, 0.15) is 25.3 Å². The monoisotopic (exact) mass is 375 g/mol. The number of nitrogens with zero attached hydrogens (tertiary/aromatic N) is 3. The van der Waals surface area contributed by atoms with Gasteiger partial charge in [-0.05, 0) is 44.4 Å². The fourth-order valence-corrected chi connectivity index (χ4v) is 3.15. The number of anilines is 1. The lowest BCUT2D eigenvalue weighted by molar-refractivity contribution is -0.148. The molecular weight excluding hydrogens is 354 g/mol. The van der Waals surface area contributed by atoms with Gasteiger partial charge in [0.1, 0.15) is 17.9 Å². The Bertz CT molecular complexity index is 784. The Balaban J connectivity index is 1.74. The van der Waals surface area contributed by atoms with Crippen molar-refractivity contribution >= 4 is 23.4 Å². The second kappa shape index (κ2) is 8.36. The molecule has 0 bridgehead atoms. The van der Waals surface area contributed by atoms with Gasteiger partial charge >= 0.3 is 5.97 Å². The molecule has 1 aliphatic rings. The molecule has 6 nitrogen and oxygen atoms in total. The number of aryl methyl sites for hydroxylation is 1. The molecule has 2 aromatic rings. The lowest BCUT2D eigenvalue weighted by Crippen LogP contribution is -2.39. The lowest BCUT2D eigenvalue weighted by atomic mass is 9.98. The summed E-state index contributed by atoms with van der Waals surface area (Å²) in [5.41, 5.74) is 1.05. The topological polar surface area (TPSA) is 64.5 Å². The highest BCUT2D eigenvalue weighted by Gasteiger charge is 2.27. The molecule has 1 aliphatic heterocycles. The highest BCUT2D eigenvalue weighted by Crippen LogP contribution is 2.31. The highest BCUT2D eigenvalue weighted by atomic mass is 35.5. The Kier molecular flexibility index (Phi) is 5.93. The maximum absolute atomic E-state index is 12.0. The number of esters is 1. The first-order chi connectivity index (χ1) is 12.6. The minimum absolute atomic E-state index is 0.130. The van der Waals surface area contributed by atoms with Gasteiger partial charge in [-0.2, -0.15) is 0 Å². The number of carbonyl (C=O) groups excluding carboxylic acids is 1. The van der Waals surface area contributed by atoms with Crippen LogP contribution in [0.3, 0.4) is 0 Å². The first kappa shape index (κ1) is 18.5. The summed E-state index contributed by atoms with van der Waals surface area (Å²) in [7, 11) is 0. The number of carbonyl (C=O) groups is 1. The molecule has 3 rings (SSSR count). The van der Waals surface area contributed by atoms with Crippen LogP contribution in [-0.4, -0.2) is 35.6 Å². The molecule has 1 atom stereocenters. The molecule has 1 fully saturated rings. The molecule has 0 spiro atoms. The molecule has 1 aromatic carbocycles. The Morgan fingerprint density at radius 1 is 1.35 bits per heavy atom. The lowest BCUT2D eigenvalue weighted by Gasteiger charge is -2.32. The van der Waals surface area contributed by atoms with E-state index < -0.39 is 0 Å². The normalized spacial score (nSPS) is 17.0. The minimum Gasteiger partial charge on any atom is -0.466 e. The third kappa shape index (κ3) is 4.43. The second-order valence-corrected chi connectivity index (χ2v) is 6.69. The molecule has 1 aromatic heterocycles. The molecule has 0 radical (unpaired) electrons. The first-order valence-corrected chi connectivity index (χ1v) is 9.12. The van der Waals surface area contributed by atoms with E-state index in [0.29, 0.717) is 29.8 Å². The van der Waals surface area contributed by atoms with Gasteiger partial charge in [0.25, 0.3) is 0 Å². The zero-order chi connectivity index (χ0) is 18.5. The summed E-state index contributed by atoms with van der Waals surface area (Å²) in [4.78, 5) is 22.6. The van der Waals surface area contributed by atoms with E-state index in [9.17, 15) is 4.79 Å². The van der Waals surface area contributed by atoms with E-state index >= 15 is 0 Å². The van der Waals surface area contributed by atoms with Gasteiger partial charge in [-0.1, -0.05) is 17.7 Å². The maximum atomic E-state index is 12.0. The second-order valence-electron chi connectivity index (χ2n) is 6.29. The van der Waals surface area contributed by atoms with E-state index in [2.05, 4.69) is 14.9 Å². The molecule has 0 amide bonds. The summed E-state index contributed by atoms with van der Waals surface area (Å²) >= 11 is 6.19. The zero-order valence-corrected chi connectivity index (χ0v) is 15.7. The summed E-state index contributed by atoms with van der Waals surface area (Å²) in [6.07, 6.45) is 3.21. The van der Waals surface area contributed by atoms with Crippen molar-refractivity contribution in [2.45, 2.75) is 26.7 Å². The van der Waals surface area contributed by atoms with Crippen LogP contribution < -0.4 is 9.64 Å². The first-order valence-electron chi connectivity index (χ1n) is 8.74. The van der Waals surface area contributed by atoms with E-state index in [4.69, 9.17) is 21.1 Å². The number of hydrogen-bond donors (Lipinski definition) is 0. The van der Waals surface area contributed by atoms with Crippen molar-refractivity contribution in [3.63, 3.8) is 0 Å². The third-order valence-corrected chi connectivity index (χ3v) is 4.61. The molecule has 1 saturated heterocycles. The van der Waals surface area contributed by atoms with Gasteiger partial charge in [-0.25, -0.2) is 9.97 Å². The van der Waals surface area contributed by atoms with Crippen molar-refractivity contribution in [2.75, 3.05) is 24.6 Å². The van der Waals surface area contributed by atoms with Gasteiger partial charge in [-0.15, -0.1) is 0 Å². The van der Waals surface area contributed by atoms with E-state index in [1.54, 1.807) is 12.1 Å². The van der Waals surface area contributed by atoms with Crippen LogP contribution in [0.4, 0.5) is 5.82 Å². The van der Waals surface area contributed by atoms with Gasteiger partial charge in [0.15, 0.2) is 0 Å². The predicted molar refractivity (Wildman–Crippen MR) is 99.9 cm³/mol. The number of rotatable bonds is 5. The van der Waals surface area contributed by atoms with Gasteiger partial charge in [0, 0.05) is 19.2 Å². The van der Waals surface area contributed by atoms with E-state index in [-0.39, 0.29) is 11.9 Å². The largest absolute Gasteiger partial charge is 0.466 e. The number of piperidine rings is 1. The maximum Gasteiger partial charge on any atom is 0.310 e. The number of hydrogen-bond acceptors (Lipinski definition) is 6. The van der Waals surface area contributed by atoms with Crippen LogP contribution in [0.2, 0.25) is 5.02 Å². The summed E-state index contributed by atoms with van der Waals surface area (Å²) in [6.45, 7) is 5.61. The van der Waals surface area contributed by atoms with E-state index in [0.717, 1.165) is 30.8 Å². The van der Waals surface area contributed by atoms with Gasteiger partial charge < -0.3 is 14.4 Å². The molecule has 2 heterocycles. The van der Waals surface area contributed by atoms with Crippen LogP contribution in [0.15, 0.2) is 30.6 Å². The summed E-state index contributed by atoms with van der Waals surface area (Å²) in [6, 6.07) is 7.35.